The van der Waals surface area contributed by atoms with Gasteiger partial charge in [0, 0.05) is 35.5 Å². The number of aliphatic hydroxyl groups excluding tert-OH is 4. The van der Waals surface area contributed by atoms with Crippen molar-refractivity contribution < 1.29 is 49.0 Å². The number of rotatable bonds is 4. The molecule has 294 valence electrons. The zero-order chi connectivity index (χ0) is 37.4. The summed E-state index contributed by atoms with van der Waals surface area (Å²) in [6.07, 6.45) is 10.6. The van der Waals surface area contributed by atoms with Gasteiger partial charge in [0.15, 0.2) is 0 Å². The number of carbonyl (C=O) groups is 2. The van der Waals surface area contributed by atoms with E-state index >= 15 is 0 Å². The van der Waals surface area contributed by atoms with Crippen LogP contribution in [0.2, 0.25) is 0 Å². The second kappa shape index (κ2) is 14.2. The second-order valence-corrected chi connectivity index (χ2v) is 19.1. The third-order valence-corrected chi connectivity index (χ3v) is 16.5. The Hall–Kier alpha value is -1.56. The summed E-state index contributed by atoms with van der Waals surface area (Å²) >= 11 is 0. The van der Waals surface area contributed by atoms with E-state index in [4.69, 9.17) is 18.9 Å². The normalized spacial score (nSPS) is 51.8. The van der Waals surface area contributed by atoms with Gasteiger partial charge in [-0.15, -0.1) is 0 Å². The van der Waals surface area contributed by atoms with Crippen LogP contribution in [0.1, 0.15) is 125 Å². The summed E-state index contributed by atoms with van der Waals surface area (Å²) < 4.78 is 23.8. The number of carbonyl (C=O) groups excluding carboxylic acids is 2. The molecule has 2 saturated heterocycles. The van der Waals surface area contributed by atoms with E-state index < -0.39 is 12.2 Å². The van der Waals surface area contributed by atoms with Crippen molar-refractivity contribution in [3.8, 4) is 0 Å². The Morgan fingerprint density at radius 3 is 1.85 bits per heavy atom. The fraction of sp³-hybridized carbons (Fsp3) is 0.905. The minimum absolute atomic E-state index is 0.0306. The van der Waals surface area contributed by atoms with Crippen LogP contribution in [-0.2, 0) is 28.5 Å². The smallest absolute Gasteiger partial charge is 0.305 e. The van der Waals surface area contributed by atoms with Crippen LogP contribution in [0.3, 0.4) is 0 Å². The van der Waals surface area contributed by atoms with Gasteiger partial charge in [-0.2, -0.15) is 0 Å². The van der Waals surface area contributed by atoms with E-state index in [1.165, 1.54) is 5.57 Å². The van der Waals surface area contributed by atoms with Crippen molar-refractivity contribution in [1.82, 2.24) is 0 Å². The minimum Gasteiger partial charge on any atom is -0.459 e. The van der Waals surface area contributed by atoms with Crippen molar-refractivity contribution in [3.05, 3.63) is 11.6 Å². The predicted octanol–water partition coefficient (Wildman–Crippen LogP) is 5.26. The molecule has 2 aliphatic heterocycles. The Kier molecular flexibility index (Phi) is 10.6. The molecular formula is C42H66O10. The van der Waals surface area contributed by atoms with E-state index in [1.807, 2.05) is 19.9 Å². The molecule has 0 amide bonds. The predicted molar refractivity (Wildman–Crippen MR) is 193 cm³/mol. The van der Waals surface area contributed by atoms with Crippen molar-refractivity contribution in [2.24, 2.45) is 51.2 Å². The standard InChI is InChI=1S/C21H34O5.C21H32O5/c2*1-4-17(24)26-16-11-25-19-18-14(6-8-21(16,19)3)20(2)7-5-13(22)9-12(20)10-15(18)23/h12-16,18-19,22-23H,4-11H2,1-3H3;10,13-16,18-19,22-23H,4-9,11H2,1-3H3/t12?,13-,14?,15-,16-,18?,19?,20-,21+;13-,14?,15-,16-,18?,19?,20-,21+/m00/s1. The van der Waals surface area contributed by atoms with Gasteiger partial charge < -0.3 is 39.4 Å². The lowest BCUT2D eigenvalue weighted by atomic mass is 9.46. The summed E-state index contributed by atoms with van der Waals surface area (Å²) in [7, 11) is 0. The average Bonchev–Trinajstić information content (AvgIpc) is 3.62. The second-order valence-electron chi connectivity index (χ2n) is 19.1. The van der Waals surface area contributed by atoms with Gasteiger partial charge in [0.1, 0.15) is 12.2 Å². The van der Waals surface area contributed by atoms with E-state index in [-0.39, 0.29) is 82.1 Å². The third kappa shape index (κ3) is 6.22. The zero-order valence-electron chi connectivity index (χ0n) is 32.4. The monoisotopic (exact) mass is 730 g/mol. The summed E-state index contributed by atoms with van der Waals surface area (Å²) in [5, 5.41) is 42.2. The van der Waals surface area contributed by atoms with Gasteiger partial charge in [0.05, 0.1) is 49.8 Å². The van der Waals surface area contributed by atoms with Gasteiger partial charge in [0.2, 0.25) is 0 Å². The first-order chi connectivity index (χ1) is 24.6. The lowest BCUT2D eigenvalue weighted by Gasteiger charge is -2.61. The van der Waals surface area contributed by atoms with Gasteiger partial charge in [-0.1, -0.05) is 53.2 Å². The molecule has 2 heterocycles. The Morgan fingerprint density at radius 1 is 0.712 bits per heavy atom. The molecule has 7 fully saturated rings. The quantitative estimate of drug-likeness (QED) is 0.223. The van der Waals surface area contributed by atoms with Crippen LogP contribution in [0.15, 0.2) is 11.6 Å². The molecule has 7 unspecified atom stereocenters. The summed E-state index contributed by atoms with van der Waals surface area (Å²) in [6, 6.07) is 0. The maximum atomic E-state index is 11.9. The summed E-state index contributed by atoms with van der Waals surface area (Å²) in [5.41, 5.74) is 0.992. The molecule has 0 bridgehead atoms. The molecule has 8 rings (SSSR count). The Balaban J connectivity index is 0.000000162. The van der Waals surface area contributed by atoms with Gasteiger partial charge in [-0.05, 0) is 99.2 Å². The van der Waals surface area contributed by atoms with Crippen LogP contribution in [0.5, 0.6) is 0 Å². The van der Waals surface area contributed by atoms with Crippen molar-refractivity contribution >= 4 is 11.9 Å². The zero-order valence-corrected chi connectivity index (χ0v) is 32.4. The van der Waals surface area contributed by atoms with Crippen LogP contribution in [-0.4, -0.2) is 94.4 Å². The van der Waals surface area contributed by atoms with Crippen LogP contribution >= 0.6 is 0 Å². The lowest BCUT2D eigenvalue weighted by Crippen LogP contribution is -2.61. The number of esters is 2. The molecule has 17 atom stereocenters. The fourth-order valence-corrected chi connectivity index (χ4v) is 13.1. The molecule has 4 N–H and O–H groups in total. The van der Waals surface area contributed by atoms with Gasteiger partial charge in [0.25, 0.3) is 0 Å². The first-order valence-electron chi connectivity index (χ1n) is 20.6. The highest BCUT2D eigenvalue weighted by atomic mass is 16.6. The van der Waals surface area contributed by atoms with Crippen LogP contribution in [0.4, 0.5) is 0 Å². The molecule has 10 nitrogen and oxygen atoms in total. The lowest BCUT2D eigenvalue weighted by molar-refractivity contribution is -0.193. The molecule has 0 aromatic heterocycles. The maximum absolute atomic E-state index is 11.9. The number of ether oxygens (including phenoxy) is 4. The number of fused-ring (bicyclic) bond motifs is 10. The van der Waals surface area contributed by atoms with E-state index in [1.54, 1.807) is 0 Å². The molecular weight excluding hydrogens is 664 g/mol. The molecule has 5 saturated carbocycles. The van der Waals surface area contributed by atoms with Crippen molar-refractivity contribution in [3.63, 3.8) is 0 Å². The highest BCUT2D eigenvalue weighted by molar-refractivity contribution is 5.69. The third-order valence-electron chi connectivity index (χ3n) is 16.5. The Labute approximate surface area is 310 Å². The minimum atomic E-state index is -0.557. The van der Waals surface area contributed by atoms with Crippen molar-refractivity contribution in [1.29, 1.82) is 0 Å². The summed E-state index contributed by atoms with van der Waals surface area (Å²) in [4.78, 5) is 23.7. The van der Waals surface area contributed by atoms with Crippen LogP contribution in [0.25, 0.3) is 0 Å². The van der Waals surface area contributed by atoms with E-state index in [9.17, 15) is 30.0 Å². The molecule has 8 aliphatic rings. The first kappa shape index (κ1) is 38.7. The topological polar surface area (TPSA) is 152 Å². The SMILES string of the molecule is CCC(=O)O[C@H]1COC2C3C(CC[C@@]21C)[C@@]1(C)CC[C@H](O)CC1=C[C@@H]3O.CCC(=O)O[C@H]1COC2C3C(CC[C@@]21C)[C@@]1(C)CC[C@H](O)CC1C[C@@H]3O. The largest absolute Gasteiger partial charge is 0.459 e. The molecule has 10 heteroatoms. The number of hydrogen-bond acceptors (Lipinski definition) is 10. The highest BCUT2D eigenvalue weighted by Gasteiger charge is 2.65. The number of hydrogen-bond donors (Lipinski definition) is 4. The van der Waals surface area contributed by atoms with Crippen LogP contribution < -0.4 is 0 Å². The van der Waals surface area contributed by atoms with E-state index in [0.717, 1.165) is 64.2 Å². The van der Waals surface area contributed by atoms with Crippen LogP contribution in [0, 0.1) is 51.2 Å². The van der Waals surface area contributed by atoms with E-state index in [2.05, 4.69) is 27.7 Å². The van der Waals surface area contributed by atoms with Gasteiger partial charge >= 0.3 is 11.9 Å². The molecule has 0 radical (unpaired) electrons. The number of aliphatic hydroxyl groups is 4. The summed E-state index contributed by atoms with van der Waals surface area (Å²) in [6.45, 7) is 13.5. The van der Waals surface area contributed by atoms with Crippen molar-refractivity contribution in [2.45, 2.75) is 174 Å². The maximum Gasteiger partial charge on any atom is 0.305 e. The van der Waals surface area contributed by atoms with Gasteiger partial charge in [-0.3, -0.25) is 9.59 Å². The Morgan fingerprint density at radius 2 is 1.25 bits per heavy atom. The molecule has 52 heavy (non-hydrogen) atoms. The average molecular weight is 731 g/mol. The van der Waals surface area contributed by atoms with Gasteiger partial charge in [-0.25, -0.2) is 0 Å². The first-order valence-corrected chi connectivity index (χ1v) is 20.6. The van der Waals surface area contributed by atoms with E-state index in [0.29, 0.717) is 50.2 Å². The molecule has 0 aromatic rings. The molecule has 0 spiro atoms. The fourth-order valence-electron chi connectivity index (χ4n) is 13.1. The molecule has 6 aliphatic carbocycles. The highest BCUT2D eigenvalue weighted by Crippen LogP contribution is 2.64. The Bertz CT molecular complexity index is 1380. The summed E-state index contributed by atoms with van der Waals surface area (Å²) in [5.74, 6) is 0.953. The molecule has 0 aromatic carbocycles. The van der Waals surface area contributed by atoms with Crippen molar-refractivity contribution in [2.75, 3.05) is 13.2 Å².